The Balaban J connectivity index is 2.34. The number of alkyl halides is 3. The molecular formula is C15H12F3NOS. The summed E-state index contributed by atoms with van der Waals surface area (Å²) in [6, 6.07) is 10.5. The quantitative estimate of drug-likeness (QED) is 0.644. The van der Waals surface area contributed by atoms with Crippen molar-refractivity contribution in [2.24, 2.45) is 0 Å². The molecule has 0 atom stereocenters. The molecule has 0 unspecified atom stereocenters. The van der Waals surface area contributed by atoms with Crippen molar-refractivity contribution in [3.8, 4) is 0 Å². The monoisotopic (exact) mass is 311 g/mol. The Morgan fingerprint density at radius 1 is 1.29 bits per heavy atom. The highest BCUT2D eigenvalue weighted by atomic mass is 32.2. The van der Waals surface area contributed by atoms with E-state index in [1.54, 1.807) is 6.08 Å². The maximum Gasteiger partial charge on any atom is 0.456 e. The Labute approximate surface area is 124 Å². The second-order valence-corrected chi connectivity index (χ2v) is 5.38. The number of rotatable bonds is 5. The molecule has 1 N–H and O–H groups in total. The molecule has 0 saturated carbocycles. The van der Waals surface area contributed by atoms with E-state index >= 15 is 0 Å². The van der Waals surface area contributed by atoms with E-state index in [-0.39, 0.29) is 0 Å². The van der Waals surface area contributed by atoms with Gasteiger partial charge >= 0.3 is 6.18 Å². The fraction of sp³-hybridized carbons (Fsp3) is 0.133. The first kappa shape index (κ1) is 15.4. The lowest BCUT2D eigenvalue weighted by atomic mass is 10.3. The molecule has 0 amide bonds. The van der Waals surface area contributed by atoms with Crippen molar-refractivity contribution in [1.82, 2.24) is 4.98 Å². The molecule has 2 rings (SSSR count). The molecule has 2 aromatic rings. The van der Waals surface area contributed by atoms with Gasteiger partial charge in [0.2, 0.25) is 0 Å². The van der Waals surface area contributed by atoms with E-state index in [0.29, 0.717) is 17.0 Å². The molecule has 0 radical (unpaired) electrons. The summed E-state index contributed by atoms with van der Waals surface area (Å²) in [5.41, 5.74) is 0.101. The van der Waals surface area contributed by atoms with Crippen LogP contribution in [0.2, 0.25) is 0 Å². The standard InChI is InChI=1S/C15H12F3NOS/c1-2-6-11-13(21-10-7-4-3-5-8-10)9-12(19-11)14(20)15(16,17)18/h2-5,7-9,19H,1,6H2. The van der Waals surface area contributed by atoms with Crippen molar-refractivity contribution < 1.29 is 18.0 Å². The summed E-state index contributed by atoms with van der Waals surface area (Å²) in [6.07, 6.45) is -2.95. The fourth-order valence-electron chi connectivity index (χ4n) is 1.76. The molecule has 0 aliphatic carbocycles. The summed E-state index contributed by atoms with van der Waals surface area (Å²) >= 11 is 1.30. The van der Waals surface area contributed by atoms with Gasteiger partial charge in [0.25, 0.3) is 5.78 Å². The van der Waals surface area contributed by atoms with Crippen LogP contribution in [0, 0.1) is 0 Å². The SMILES string of the molecule is C=CCc1[nH]c(C(=O)C(F)(F)F)cc1Sc1ccccc1. The average Bonchev–Trinajstić information content (AvgIpc) is 2.81. The fourth-order valence-corrected chi connectivity index (χ4v) is 2.74. The van der Waals surface area contributed by atoms with Crippen LogP contribution in [-0.4, -0.2) is 16.9 Å². The number of H-pyrrole nitrogens is 1. The number of nitrogens with one attached hydrogen (secondary N) is 1. The maximum absolute atomic E-state index is 12.5. The highest BCUT2D eigenvalue weighted by molar-refractivity contribution is 7.99. The van der Waals surface area contributed by atoms with Gasteiger partial charge in [-0.2, -0.15) is 13.2 Å². The third-order valence-electron chi connectivity index (χ3n) is 2.68. The van der Waals surface area contributed by atoms with E-state index < -0.39 is 17.7 Å². The highest BCUT2D eigenvalue weighted by Gasteiger charge is 2.40. The first-order valence-corrected chi connectivity index (χ1v) is 6.90. The number of benzene rings is 1. The molecule has 0 aliphatic rings. The smallest absolute Gasteiger partial charge is 0.354 e. The van der Waals surface area contributed by atoms with Gasteiger partial charge in [0, 0.05) is 21.9 Å². The first-order chi connectivity index (χ1) is 9.91. The first-order valence-electron chi connectivity index (χ1n) is 6.09. The van der Waals surface area contributed by atoms with Crippen molar-refractivity contribution in [2.45, 2.75) is 22.4 Å². The molecule has 6 heteroatoms. The molecule has 110 valence electrons. The maximum atomic E-state index is 12.5. The van der Waals surface area contributed by atoms with E-state index in [9.17, 15) is 18.0 Å². The second-order valence-electron chi connectivity index (χ2n) is 4.26. The van der Waals surface area contributed by atoms with Gasteiger partial charge in [0.1, 0.15) is 0 Å². The van der Waals surface area contributed by atoms with E-state index in [0.717, 1.165) is 4.90 Å². The lowest BCUT2D eigenvalue weighted by molar-refractivity contribution is -0.0888. The third-order valence-corrected chi connectivity index (χ3v) is 3.77. The molecule has 1 aromatic carbocycles. The minimum Gasteiger partial charge on any atom is -0.354 e. The number of aromatic amines is 1. The summed E-state index contributed by atoms with van der Waals surface area (Å²) < 4.78 is 37.5. The number of hydrogen-bond donors (Lipinski definition) is 1. The van der Waals surface area contributed by atoms with Crippen molar-refractivity contribution >= 4 is 17.5 Å². The van der Waals surface area contributed by atoms with Crippen molar-refractivity contribution in [2.75, 3.05) is 0 Å². The molecule has 0 saturated heterocycles. The van der Waals surface area contributed by atoms with Gasteiger partial charge < -0.3 is 4.98 Å². The highest BCUT2D eigenvalue weighted by Crippen LogP contribution is 2.33. The van der Waals surface area contributed by atoms with Crippen LogP contribution in [0.4, 0.5) is 13.2 Å². The Morgan fingerprint density at radius 2 is 1.95 bits per heavy atom. The summed E-state index contributed by atoms with van der Waals surface area (Å²) in [4.78, 5) is 15.3. The molecular weight excluding hydrogens is 299 g/mol. The Hall–Kier alpha value is -1.95. The van der Waals surface area contributed by atoms with Crippen molar-refractivity contribution in [3.05, 3.63) is 60.4 Å². The second kappa shape index (κ2) is 6.22. The average molecular weight is 311 g/mol. The van der Waals surface area contributed by atoms with Crippen LogP contribution in [-0.2, 0) is 6.42 Å². The Bertz CT molecular complexity index is 647. The van der Waals surface area contributed by atoms with Crippen LogP contribution in [0.1, 0.15) is 16.2 Å². The molecule has 0 aliphatic heterocycles. The topological polar surface area (TPSA) is 32.9 Å². The van der Waals surface area contributed by atoms with E-state index in [2.05, 4.69) is 11.6 Å². The summed E-state index contributed by atoms with van der Waals surface area (Å²) in [6.45, 7) is 3.57. The molecule has 1 aromatic heterocycles. The van der Waals surface area contributed by atoms with Crippen LogP contribution in [0.3, 0.4) is 0 Å². The lowest BCUT2D eigenvalue weighted by Crippen LogP contribution is -2.23. The number of Topliss-reactive ketones (excluding diaryl/α,β-unsaturated/α-hetero) is 1. The largest absolute Gasteiger partial charge is 0.456 e. The van der Waals surface area contributed by atoms with Crippen LogP contribution in [0.25, 0.3) is 0 Å². The Kier molecular flexibility index (Phi) is 4.57. The van der Waals surface area contributed by atoms with Crippen molar-refractivity contribution in [3.63, 3.8) is 0 Å². The van der Waals surface area contributed by atoms with Gasteiger partial charge in [-0.25, -0.2) is 0 Å². The molecule has 1 heterocycles. The minimum atomic E-state index is -4.88. The van der Waals surface area contributed by atoms with Gasteiger partial charge in [0.05, 0.1) is 5.69 Å². The summed E-state index contributed by atoms with van der Waals surface area (Å²) in [5.74, 6) is -1.87. The minimum absolute atomic E-state index is 0.361. The van der Waals surface area contributed by atoms with Gasteiger partial charge in [-0.05, 0) is 18.2 Å². The Morgan fingerprint density at radius 3 is 2.52 bits per heavy atom. The predicted octanol–water partition coefficient (Wildman–Crippen LogP) is 4.64. The molecule has 2 nitrogen and oxygen atoms in total. The number of halogens is 3. The van der Waals surface area contributed by atoms with Crippen LogP contribution in [0.15, 0.2) is 58.8 Å². The molecule has 21 heavy (non-hydrogen) atoms. The normalized spacial score (nSPS) is 11.4. The molecule has 0 spiro atoms. The van der Waals surface area contributed by atoms with Gasteiger partial charge in [-0.3, -0.25) is 4.79 Å². The lowest BCUT2D eigenvalue weighted by Gasteiger charge is -2.01. The van der Waals surface area contributed by atoms with Crippen molar-refractivity contribution in [1.29, 1.82) is 0 Å². The number of carbonyl (C=O) groups excluding carboxylic acids is 1. The van der Waals surface area contributed by atoms with Gasteiger partial charge in [-0.15, -0.1) is 6.58 Å². The molecule has 0 fully saturated rings. The molecule has 0 bridgehead atoms. The van der Waals surface area contributed by atoms with E-state index in [4.69, 9.17) is 0 Å². The van der Waals surface area contributed by atoms with E-state index in [1.165, 1.54) is 17.8 Å². The zero-order valence-electron chi connectivity index (χ0n) is 10.9. The number of carbonyl (C=O) groups is 1. The summed E-state index contributed by atoms with van der Waals surface area (Å²) in [5, 5.41) is 0. The zero-order chi connectivity index (χ0) is 15.5. The summed E-state index contributed by atoms with van der Waals surface area (Å²) in [7, 11) is 0. The number of aromatic nitrogens is 1. The van der Waals surface area contributed by atoms with Gasteiger partial charge in [-0.1, -0.05) is 36.0 Å². The zero-order valence-corrected chi connectivity index (χ0v) is 11.7. The van der Waals surface area contributed by atoms with Crippen LogP contribution >= 0.6 is 11.8 Å². The van der Waals surface area contributed by atoms with Crippen LogP contribution < -0.4 is 0 Å². The van der Waals surface area contributed by atoms with E-state index in [1.807, 2.05) is 30.3 Å². The van der Waals surface area contributed by atoms with Gasteiger partial charge in [0.15, 0.2) is 0 Å². The number of ketones is 1. The number of hydrogen-bond acceptors (Lipinski definition) is 2. The van der Waals surface area contributed by atoms with Crippen LogP contribution in [0.5, 0.6) is 0 Å². The number of allylic oxidation sites excluding steroid dienone is 1. The predicted molar refractivity (Wildman–Crippen MR) is 75.6 cm³/mol. The third kappa shape index (κ3) is 3.78.